The number of nitrogens with two attached hydrogens (primary N) is 1. The van der Waals surface area contributed by atoms with Crippen molar-refractivity contribution < 1.29 is 9.53 Å². The summed E-state index contributed by atoms with van der Waals surface area (Å²) in [4.78, 5) is 11.7. The molecule has 0 bridgehead atoms. The Labute approximate surface area is 120 Å². The Balaban J connectivity index is 2.56. The van der Waals surface area contributed by atoms with Gasteiger partial charge >= 0.3 is 6.09 Å². The minimum absolute atomic E-state index is 0.158. The minimum atomic E-state index is -0.508. The Bertz CT molecular complexity index is 435. The molecule has 3 N–H and O–H groups in total. The van der Waals surface area contributed by atoms with Gasteiger partial charge in [0, 0.05) is 24.8 Å². The highest BCUT2D eigenvalue weighted by Gasteiger charge is 2.19. The zero-order valence-electron chi connectivity index (χ0n) is 13.0. The largest absolute Gasteiger partial charge is 0.444 e. The van der Waals surface area contributed by atoms with Crippen molar-refractivity contribution in [2.24, 2.45) is 5.73 Å². The second-order valence-electron chi connectivity index (χ2n) is 6.21. The molecule has 1 aromatic heterocycles. The summed E-state index contributed by atoms with van der Waals surface area (Å²) in [6.07, 6.45) is 3.98. The summed E-state index contributed by atoms with van der Waals surface area (Å²) in [5.41, 5.74) is 6.24. The molecule has 0 aromatic carbocycles. The summed E-state index contributed by atoms with van der Waals surface area (Å²) in [5, 5.41) is 7.06. The number of alkyl carbamates (subject to hydrolysis) is 1. The number of nitrogens with one attached hydrogen (secondary N) is 1. The molecule has 0 spiro atoms. The highest BCUT2D eigenvalue weighted by molar-refractivity contribution is 5.68. The van der Waals surface area contributed by atoms with Crippen LogP contribution in [0.15, 0.2) is 12.4 Å². The van der Waals surface area contributed by atoms with Crippen LogP contribution in [0, 0.1) is 0 Å². The highest BCUT2D eigenvalue weighted by atomic mass is 16.6. The fourth-order valence-corrected chi connectivity index (χ4v) is 1.72. The predicted molar refractivity (Wildman–Crippen MR) is 78.5 cm³/mol. The Kier molecular flexibility index (Phi) is 5.56. The van der Waals surface area contributed by atoms with Crippen molar-refractivity contribution in [2.75, 3.05) is 6.54 Å². The van der Waals surface area contributed by atoms with Gasteiger partial charge in [-0.15, -0.1) is 0 Å². The number of aromatic nitrogens is 2. The van der Waals surface area contributed by atoms with E-state index in [1.165, 1.54) is 0 Å². The van der Waals surface area contributed by atoms with E-state index in [0.717, 1.165) is 5.56 Å². The number of carbonyl (C=O) groups is 1. The van der Waals surface area contributed by atoms with Crippen LogP contribution in [-0.2, 0) is 11.2 Å². The second-order valence-corrected chi connectivity index (χ2v) is 6.21. The fraction of sp³-hybridized carbons (Fsp3) is 0.714. The van der Waals surface area contributed by atoms with Crippen molar-refractivity contribution in [2.45, 2.75) is 58.7 Å². The van der Waals surface area contributed by atoms with Gasteiger partial charge in [-0.25, -0.2) is 4.79 Å². The van der Waals surface area contributed by atoms with Crippen molar-refractivity contribution >= 4 is 6.09 Å². The Morgan fingerprint density at radius 1 is 1.50 bits per heavy atom. The number of hydrogen-bond acceptors (Lipinski definition) is 4. The van der Waals surface area contributed by atoms with E-state index in [1.807, 2.05) is 31.6 Å². The number of nitrogens with zero attached hydrogens (tertiary/aromatic N) is 2. The van der Waals surface area contributed by atoms with E-state index in [0.29, 0.717) is 19.0 Å². The molecule has 0 fully saturated rings. The van der Waals surface area contributed by atoms with Gasteiger partial charge in [0.1, 0.15) is 5.60 Å². The van der Waals surface area contributed by atoms with Crippen LogP contribution in [0.3, 0.4) is 0 Å². The molecule has 114 valence electrons. The van der Waals surface area contributed by atoms with Crippen LogP contribution in [0.25, 0.3) is 0 Å². The van der Waals surface area contributed by atoms with Crippen LogP contribution in [0.5, 0.6) is 0 Å². The number of hydrogen-bond donors (Lipinski definition) is 2. The third kappa shape index (κ3) is 5.61. The lowest BCUT2D eigenvalue weighted by molar-refractivity contribution is 0.0506. The van der Waals surface area contributed by atoms with Gasteiger partial charge in [0.2, 0.25) is 0 Å². The van der Waals surface area contributed by atoms with Crippen molar-refractivity contribution in [3.63, 3.8) is 0 Å². The van der Waals surface area contributed by atoms with Gasteiger partial charge in [-0.05, 0) is 46.6 Å². The maximum Gasteiger partial charge on any atom is 0.407 e. The average Bonchev–Trinajstić information content (AvgIpc) is 2.74. The zero-order chi connectivity index (χ0) is 15.3. The van der Waals surface area contributed by atoms with Crippen molar-refractivity contribution in [1.82, 2.24) is 15.1 Å². The lowest BCUT2D eigenvalue weighted by Crippen LogP contribution is -2.44. The molecule has 1 atom stereocenters. The van der Waals surface area contributed by atoms with Crippen molar-refractivity contribution in [1.29, 1.82) is 0 Å². The third-order valence-corrected chi connectivity index (χ3v) is 2.67. The number of rotatable bonds is 5. The Morgan fingerprint density at radius 3 is 2.60 bits per heavy atom. The van der Waals surface area contributed by atoms with Crippen LogP contribution < -0.4 is 11.1 Å². The van der Waals surface area contributed by atoms with Gasteiger partial charge in [-0.3, -0.25) is 4.68 Å². The Hall–Kier alpha value is -1.56. The normalized spacial score (nSPS) is 13.3. The molecule has 6 heteroatoms. The van der Waals surface area contributed by atoms with Crippen LogP contribution in [0.2, 0.25) is 0 Å². The summed E-state index contributed by atoms with van der Waals surface area (Å²) < 4.78 is 7.11. The van der Waals surface area contributed by atoms with E-state index in [4.69, 9.17) is 10.5 Å². The molecule has 1 unspecified atom stereocenters. The van der Waals surface area contributed by atoms with E-state index < -0.39 is 11.7 Å². The minimum Gasteiger partial charge on any atom is -0.444 e. The number of carbonyl (C=O) groups excluding carboxylic acids is 1. The van der Waals surface area contributed by atoms with Crippen LogP contribution in [-0.4, -0.2) is 34.1 Å². The molecular weight excluding hydrogens is 256 g/mol. The number of amides is 1. The first-order valence-corrected chi connectivity index (χ1v) is 6.94. The van der Waals surface area contributed by atoms with Gasteiger partial charge in [-0.2, -0.15) is 5.10 Å². The molecule has 20 heavy (non-hydrogen) atoms. The van der Waals surface area contributed by atoms with Crippen molar-refractivity contribution in [3.8, 4) is 0 Å². The van der Waals surface area contributed by atoms with Gasteiger partial charge in [0.25, 0.3) is 0 Å². The molecule has 0 saturated carbocycles. The van der Waals surface area contributed by atoms with Crippen LogP contribution >= 0.6 is 0 Å². The average molecular weight is 282 g/mol. The topological polar surface area (TPSA) is 82.2 Å². The summed E-state index contributed by atoms with van der Waals surface area (Å²) in [7, 11) is 0. The molecule has 1 heterocycles. The summed E-state index contributed by atoms with van der Waals surface area (Å²) in [6.45, 7) is 9.97. The molecule has 0 aliphatic carbocycles. The lowest BCUT2D eigenvalue weighted by atomic mass is 10.1. The molecule has 0 radical (unpaired) electrons. The number of ether oxygens (including phenoxy) is 1. The van der Waals surface area contributed by atoms with Gasteiger partial charge in [0.15, 0.2) is 0 Å². The lowest BCUT2D eigenvalue weighted by Gasteiger charge is -2.22. The maximum atomic E-state index is 11.7. The molecule has 1 aromatic rings. The van der Waals surface area contributed by atoms with E-state index in [1.54, 1.807) is 6.20 Å². The van der Waals surface area contributed by atoms with E-state index >= 15 is 0 Å². The second kappa shape index (κ2) is 6.74. The third-order valence-electron chi connectivity index (χ3n) is 2.67. The SMILES string of the molecule is CC(C)n1cc(CC(CN)NC(=O)OC(C)(C)C)cn1. The quantitative estimate of drug-likeness (QED) is 0.863. The highest BCUT2D eigenvalue weighted by Crippen LogP contribution is 2.09. The summed E-state index contributed by atoms with van der Waals surface area (Å²) in [6, 6.07) is 0.161. The molecule has 0 aliphatic rings. The first-order valence-electron chi connectivity index (χ1n) is 6.94. The molecule has 1 amide bonds. The summed E-state index contributed by atoms with van der Waals surface area (Å²) >= 11 is 0. The van der Waals surface area contributed by atoms with Crippen molar-refractivity contribution in [3.05, 3.63) is 18.0 Å². The van der Waals surface area contributed by atoms with E-state index in [-0.39, 0.29) is 6.04 Å². The maximum absolute atomic E-state index is 11.7. The fourth-order valence-electron chi connectivity index (χ4n) is 1.72. The van der Waals surface area contributed by atoms with Gasteiger partial charge < -0.3 is 15.8 Å². The molecule has 6 nitrogen and oxygen atoms in total. The molecule has 0 aliphatic heterocycles. The first-order chi connectivity index (χ1) is 9.21. The summed E-state index contributed by atoms with van der Waals surface area (Å²) in [5.74, 6) is 0. The van der Waals surface area contributed by atoms with Gasteiger partial charge in [-0.1, -0.05) is 0 Å². The van der Waals surface area contributed by atoms with E-state index in [2.05, 4.69) is 24.3 Å². The molecular formula is C14H26N4O2. The Morgan fingerprint density at radius 2 is 2.15 bits per heavy atom. The van der Waals surface area contributed by atoms with Gasteiger partial charge in [0.05, 0.1) is 6.20 Å². The monoisotopic (exact) mass is 282 g/mol. The predicted octanol–water partition coefficient (Wildman–Crippen LogP) is 1.86. The van der Waals surface area contributed by atoms with Crippen LogP contribution in [0.1, 0.15) is 46.2 Å². The van der Waals surface area contributed by atoms with Crippen LogP contribution in [0.4, 0.5) is 4.79 Å². The smallest absolute Gasteiger partial charge is 0.407 e. The molecule has 0 saturated heterocycles. The standard InChI is InChI=1S/C14H26N4O2/c1-10(2)18-9-11(8-16-18)6-12(7-15)17-13(19)20-14(3,4)5/h8-10,12H,6-7,15H2,1-5H3,(H,17,19). The van der Waals surface area contributed by atoms with E-state index in [9.17, 15) is 4.79 Å². The first kappa shape index (κ1) is 16.5. The zero-order valence-corrected chi connectivity index (χ0v) is 13.0. The molecule has 1 rings (SSSR count).